The Morgan fingerprint density at radius 3 is 2.23 bits per heavy atom. The molecule has 1 aliphatic heterocycles. The molecule has 1 aliphatic rings. The molecule has 0 saturated carbocycles. The number of esters is 1. The molecule has 1 aromatic heterocycles. The minimum absolute atomic E-state index is 0.0251. The van der Waals surface area contributed by atoms with Gasteiger partial charge in [0.05, 0.1) is 18.9 Å². The quantitative estimate of drug-likeness (QED) is 0.233. The van der Waals surface area contributed by atoms with Gasteiger partial charge >= 0.3 is 18.0 Å². The standard InChI is InChI=1S/C28H35N5O10/c1-3-41-25(37)16-20(34)18-43-23-17-22(30-33(23)19-8-6-5-7-9-19)26(38)29-21(10-11-24(35)36)27(39)31-12-14-32(15-13-31)28(40)42-4-2/h5-9,17,21H,3-4,10-16,18H2,1-2H3,(H,29,38)(H,35,36)/t21-/m0/s1. The van der Waals surface area contributed by atoms with E-state index in [0.717, 1.165) is 0 Å². The number of rotatable bonds is 14. The second kappa shape index (κ2) is 15.9. The average molecular weight is 602 g/mol. The number of carbonyl (C=O) groups excluding carboxylic acids is 5. The maximum absolute atomic E-state index is 13.3. The monoisotopic (exact) mass is 601 g/mol. The van der Waals surface area contributed by atoms with Crippen LogP contribution in [0, 0.1) is 0 Å². The number of aromatic nitrogens is 2. The van der Waals surface area contributed by atoms with Crippen LogP contribution in [0.25, 0.3) is 5.69 Å². The molecule has 3 amide bonds. The molecule has 232 valence electrons. The van der Waals surface area contributed by atoms with E-state index in [2.05, 4.69) is 10.4 Å². The number of piperazine rings is 1. The van der Waals surface area contributed by atoms with Crippen molar-refractivity contribution in [1.82, 2.24) is 24.9 Å². The fraction of sp³-hybridized carbons (Fsp3) is 0.464. The van der Waals surface area contributed by atoms with Crippen molar-refractivity contribution in [2.24, 2.45) is 0 Å². The molecule has 1 aromatic carbocycles. The van der Waals surface area contributed by atoms with E-state index in [-0.39, 0.29) is 63.8 Å². The minimum atomic E-state index is -1.19. The first-order valence-corrected chi connectivity index (χ1v) is 13.8. The van der Waals surface area contributed by atoms with E-state index in [9.17, 15) is 33.9 Å². The molecule has 0 radical (unpaired) electrons. The lowest BCUT2D eigenvalue weighted by Gasteiger charge is -2.35. The van der Waals surface area contributed by atoms with Gasteiger partial charge in [0.1, 0.15) is 19.1 Å². The summed E-state index contributed by atoms with van der Waals surface area (Å²) in [6.45, 7) is 3.98. The number of nitrogens with one attached hydrogen (secondary N) is 1. The van der Waals surface area contributed by atoms with Crippen molar-refractivity contribution in [3.63, 3.8) is 0 Å². The Labute approximate surface area is 247 Å². The van der Waals surface area contributed by atoms with Crippen molar-refractivity contribution < 1.29 is 48.1 Å². The van der Waals surface area contributed by atoms with Crippen LogP contribution in [-0.4, -0.2) is 112 Å². The summed E-state index contributed by atoms with van der Waals surface area (Å²) in [5.74, 6) is -3.62. The van der Waals surface area contributed by atoms with Crippen molar-refractivity contribution in [1.29, 1.82) is 0 Å². The molecular formula is C28H35N5O10. The molecule has 0 spiro atoms. The summed E-state index contributed by atoms with van der Waals surface area (Å²) in [5, 5.41) is 16.1. The lowest BCUT2D eigenvalue weighted by molar-refractivity contribution is -0.146. The zero-order valence-electron chi connectivity index (χ0n) is 24.0. The topological polar surface area (TPSA) is 187 Å². The highest BCUT2D eigenvalue weighted by molar-refractivity contribution is 5.97. The van der Waals surface area contributed by atoms with E-state index >= 15 is 0 Å². The fourth-order valence-electron chi connectivity index (χ4n) is 4.21. The molecule has 2 heterocycles. The van der Waals surface area contributed by atoms with E-state index in [0.29, 0.717) is 5.69 Å². The Hall–Kier alpha value is -4.95. The summed E-state index contributed by atoms with van der Waals surface area (Å²) in [5.41, 5.74) is 0.351. The van der Waals surface area contributed by atoms with Gasteiger partial charge in [-0.15, -0.1) is 0 Å². The molecule has 0 bridgehead atoms. The zero-order chi connectivity index (χ0) is 31.4. The summed E-state index contributed by atoms with van der Waals surface area (Å²) >= 11 is 0. The van der Waals surface area contributed by atoms with E-state index in [1.54, 1.807) is 44.2 Å². The number of nitrogens with zero attached hydrogens (tertiary/aromatic N) is 4. The van der Waals surface area contributed by atoms with Crippen molar-refractivity contribution >= 4 is 35.6 Å². The molecule has 1 saturated heterocycles. The SMILES string of the molecule is CCOC(=O)CC(=O)COc1cc(C(=O)N[C@@H](CCC(=O)O)C(=O)N2CCN(C(=O)OCC)CC2)nn1-c1ccccc1. The minimum Gasteiger partial charge on any atom is -0.481 e. The van der Waals surface area contributed by atoms with Crippen molar-refractivity contribution in [2.45, 2.75) is 39.2 Å². The number of carboxylic acid groups (broad SMARTS) is 1. The molecule has 2 N–H and O–H groups in total. The van der Waals surface area contributed by atoms with Gasteiger partial charge in [0.25, 0.3) is 5.91 Å². The molecule has 15 nitrogen and oxygen atoms in total. The summed E-state index contributed by atoms with van der Waals surface area (Å²) < 4.78 is 16.7. The number of hydrogen-bond donors (Lipinski definition) is 2. The first-order valence-electron chi connectivity index (χ1n) is 13.8. The molecular weight excluding hydrogens is 566 g/mol. The number of ketones is 1. The van der Waals surface area contributed by atoms with E-state index in [1.165, 1.54) is 20.5 Å². The van der Waals surface area contributed by atoms with Gasteiger partial charge < -0.3 is 34.4 Å². The van der Waals surface area contributed by atoms with E-state index in [1.807, 2.05) is 0 Å². The van der Waals surface area contributed by atoms with Crippen LogP contribution in [0.1, 0.15) is 43.6 Å². The zero-order valence-corrected chi connectivity index (χ0v) is 24.0. The first-order chi connectivity index (χ1) is 20.6. The maximum atomic E-state index is 13.3. The van der Waals surface area contributed by atoms with Crippen molar-refractivity contribution in [3.8, 4) is 11.6 Å². The smallest absolute Gasteiger partial charge is 0.409 e. The van der Waals surface area contributed by atoms with Gasteiger partial charge in [-0.3, -0.25) is 24.0 Å². The number of aliphatic carboxylic acids is 1. The highest BCUT2D eigenvalue weighted by Gasteiger charge is 2.31. The van der Waals surface area contributed by atoms with Gasteiger partial charge in [-0.2, -0.15) is 5.10 Å². The predicted molar refractivity (Wildman–Crippen MR) is 149 cm³/mol. The number of Topliss-reactive ketones (excluding diaryl/α,β-unsaturated/α-hetero) is 1. The van der Waals surface area contributed by atoms with Crippen molar-refractivity contribution in [3.05, 3.63) is 42.1 Å². The van der Waals surface area contributed by atoms with Gasteiger partial charge in [-0.05, 0) is 32.4 Å². The number of hydrogen-bond acceptors (Lipinski definition) is 10. The predicted octanol–water partition coefficient (Wildman–Crippen LogP) is 1.04. The Morgan fingerprint density at radius 2 is 1.60 bits per heavy atom. The second-order valence-corrected chi connectivity index (χ2v) is 9.39. The Balaban J connectivity index is 1.76. The summed E-state index contributed by atoms with van der Waals surface area (Å²) in [6, 6.07) is 8.71. The summed E-state index contributed by atoms with van der Waals surface area (Å²) in [6.07, 6.45) is -1.53. The van der Waals surface area contributed by atoms with Gasteiger partial charge in [-0.25, -0.2) is 9.48 Å². The third-order valence-electron chi connectivity index (χ3n) is 6.31. The summed E-state index contributed by atoms with van der Waals surface area (Å²) in [7, 11) is 0. The van der Waals surface area contributed by atoms with Gasteiger partial charge in [0.15, 0.2) is 11.5 Å². The number of amides is 3. The second-order valence-electron chi connectivity index (χ2n) is 9.39. The van der Waals surface area contributed by atoms with Crippen LogP contribution in [0.5, 0.6) is 5.88 Å². The fourth-order valence-corrected chi connectivity index (χ4v) is 4.21. The summed E-state index contributed by atoms with van der Waals surface area (Å²) in [4.78, 5) is 76.7. The van der Waals surface area contributed by atoms with Crippen LogP contribution in [0.3, 0.4) is 0 Å². The molecule has 3 rings (SSSR count). The van der Waals surface area contributed by atoms with Gasteiger partial charge in [0, 0.05) is 38.7 Å². The normalized spacial score (nSPS) is 13.5. The number of ether oxygens (including phenoxy) is 3. The first kappa shape index (κ1) is 32.6. The molecule has 1 atom stereocenters. The van der Waals surface area contributed by atoms with Crippen LogP contribution >= 0.6 is 0 Å². The third kappa shape index (κ3) is 9.55. The highest BCUT2D eigenvalue weighted by Crippen LogP contribution is 2.20. The number of carboxylic acids is 1. The largest absolute Gasteiger partial charge is 0.481 e. The number of benzene rings is 1. The van der Waals surface area contributed by atoms with E-state index < -0.39 is 54.7 Å². The highest BCUT2D eigenvalue weighted by atomic mass is 16.6. The molecule has 15 heteroatoms. The van der Waals surface area contributed by atoms with Crippen molar-refractivity contribution in [2.75, 3.05) is 46.0 Å². The van der Waals surface area contributed by atoms with Crippen LogP contribution in [0.2, 0.25) is 0 Å². The molecule has 0 aliphatic carbocycles. The van der Waals surface area contributed by atoms with Gasteiger partial charge in [0.2, 0.25) is 11.8 Å². The number of para-hydroxylation sites is 1. The molecule has 43 heavy (non-hydrogen) atoms. The Kier molecular flexibility index (Phi) is 12.0. The van der Waals surface area contributed by atoms with Crippen LogP contribution in [0.4, 0.5) is 4.79 Å². The lowest BCUT2D eigenvalue weighted by atomic mass is 10.1. The maximum Gasteiger partial charge on any atom is 0.409 e. The molecule has 1 fully saturated rings. The number of carbonyl (C=O) groups is 6. The van der Waals surface area contributed by atoms with E-state index in [4.69, 9.17) is 14.2 Å². The van der Waals surface area contributed by atoms with Crippen LogP contribution < -0.4 is 10.1 Å². The van der Waals surface area contributed by atoms with Gasteiger partial charge in [-0.1, -0.05) is 18.2 Å². The Bertz CT molecular complexity index is 1300. The van der Waals surface area contributed by atoms with Crippen LogP contribution in [0.15, 0.2) is 36.4 Å². The van der Waals surface area contributed by atoms with Crippen LogP contribution in [-0.2, 0) is 28.7 Å². The lowest BCUT2D eigenvalue weighted by Crippen LogP contribution is -2.56. The molecule has 0 unspecified atom stereocenters. The average Bonchev–Trinajstić information content (AvgIpc) is 3.43. The third-order valence-corrected chi connectivity index (χ3v) is 6.31. The molecule has 2 aromatic rings. The Morgan fingerprint density at radius 1 is 0.953 bits per heavy atom.